The first-order valence-corrected chi connectivity index (χ1v) is 15.6. The van der Waals surface area contributed by atoms with Gasteiger partial charge in [0.15, 0.2) is 0 Å². The summed E-state index contributed by atoms with van der Waals surface area (Å²) in [6, 6.07) is 2.64. The van der Waals surface area contributed by atoms with Gasteiger partial charge in [-0.1, -0.05) is 13.8 Å². The average molecular weight is 603 g/mol. The zero-order valence-electron chi connectivity index (χ0n) is 26.0. The second-order valence-electron chi connectivity index (χ2n) is 11.8. The maximum atomic E-state index is 14.5. The first-order chi connectivity index (χ1) is 20.6. The topological polar surface area (TPSA) is 106 Å². The Balaban J connectivity index is 1.60. The highest BCUT2D eigenvalue weighted by Crippen LogP contribution is 2.27. The SMILES string of the molecule is CCN(CC)[C@@H]1C[C@H]2COc3ccc(F)cc3C(=O)N(C)[C@@H](C(=O)NCCN3CCCC3)CCC(=O)N(C)CC(=O)N2C1. The van der Waals surface area contributed by atoms with Gasteiger partial charge in [0.2, 0.25) is 17.7 Å². The lowest BCUT2D eigenvalue weighted by Crippen LogP contribution is -2.49. The van der Waals surface area contributed by atoms with Crippen LogP contribution in [0.25, 0.3) is 0 Å². The lowest BCUT2D eigenvalue weighted by Gasteiger charge is -2.29. The molecule has 238 valence electrons. The molecule has 0 aliphatic carbocycles. The molecule has 3 aliphatic rings. The molecular weight excluding hydrogens is 555 g/mol. The number of amides is 4. The van der Waals surface area contributed by atoms with Crippen molar-refractivity contribution >= 4 is 23.6 Å². The van der Waals surface area contributed by atoms with Crippen LogP contribution in [0.4, 0.5) is 4.39 Å². The fourth-order valence-corrected chi connectivity index (χ4v) is 6.47. The van der Waals surface area contributed by atoms with Crippen molar-refractivity contribution in [3.63, 3.8) is 0 Å². The van der Waals surface area contributed by atoms with Crippen LogP contribution in [0.1, 0.15) is 56.3 Å². The van der Waals surface area contributed by atoms with Crippen LogP contribution in [0.15, 0.2) is 18.2 Å². The van der Waals surface area contributed by atoms with E-state index in [1.165, 1.54) is 29.0 Å². The van der Waals surface area contributed by atoms with Gasteiger partial charge >= 0.3 is 0 Å². The van der Waals surface area contributed by atoms with Gasteiger partial charge in [0.1, 0.15) is 24.2 Å². The highest BCUT2D eigenvalue weighted by molar-refractivity contribution is 5.99. The number of benzene rings is 1. The third-order valence-electron chi connectivity index (χ3n) is 9.09. The number of carbonyl (C=O) groups is 4. The molecule has 11 nitrogen and oxygen atoms in total. The third-order valence-corrected chi connectivity index (χ3v) is 9.09. The maximum Gasteiger partial charge on any atom is 0.258 e. The lowest BCUT2D eigenvalue weighted by molar-refractivity contribution is -0.140. The number of rotatable bonds is 7. The molecule has 3 aliphatic heterocycles. The van der Waals surface area contributed by atoms with Crippen LogP contribution in [-0.4, -0.2) is 139 Å². The number of hydrogen-bond acceptors (Lipinski definition) is 7. The molecule has 1 aromatic rings. The highest BCUT2D eigenvalue weighted by Gasteiger charge is 2.39. The predicted molar refractivity (Wildman–Crippen MR) is 160 cm³/mol. The zero-order valence-corrected chi connectivity index (χ0v) is 26.0. The zero-order chi connectivity index (χ0) is 31.1. The Morgan fingerprint density at radius 1 is 1.09 bits per heavy atom. The maximum absolute atomic E-state index is 14.5. The molecule has 0 spiro atoms. The normalized spacial score (nSPS) is 24.5. The van der Waals surface area contributed by atoms with Crippen molar-refractivity contribution in [1.82, 2.24) is 29.8 Å². The third kappa shape index (κ3) is 8.03. The van der Waals surface area contributed by atoms with Crippen molar-refractivity contribution in [2.45, 2.75) is 64.1 Å². The van der Waals surface area contributed by atoms with E-state index in [4.69, 9.17) is 4.74 Å². The van der Waals surface area contributed by atoms with E-state index in [0.29, 0.717) is 26.1 Å². The first kappa shape index (κ1) is 32.7. The van der Waals surface area contributed by atoms with Crippen LogP contribution in [0.5, 0.6) is 5.75 Å². The number of nitrogens with zero attached hydrogens (tertiary/aromatic N) is 5. The number of fused-ring (bicyclic) bond motifs is 2. The number of likely N-dealkylation sites (N-methyl/N-ethyl adjacent to an activating group) is 3. The summed E-state index contributed by atoms with van der Waals surface area (Å²) >= 11 is 0. The monoisotopic (exact) mass is 602 g/mol. The molecule has 3 atom stereocenters. The van der Waals surface area contributed by atoms with E-state index < -0.39 is 17.8 Å². The van der Waals surface area contributed by atoms with Crippen molar-refractivity contribution in [1.29, 1.82) is 0 Å². The Hall–Kier alpha value is -3.25. The molecule has 0 radical (unpaired) electrons. The minimum absolute atomic E-state index is 0.00755. The first-order valence-electron chi connectivity index (χ1n) is 15.6. The van der Waals surface area contributed by atoms with Crippen LogP contribution in [0.3, 0.4) is 0 Å². The fraction of sp³-hybridized carbons (Fsp3) is 0.677. The van der Waals surface area contributed by atoms with Crippen LogP contribution in [-0.2, 0) is 14.4 Å². The van der Waals surface area contributed by atoms with Gasteiger partial charge in [0.25, 0.3) is 5.91 Å². The minimum atomic E-state index is -0.974. The molecule has 1 aromatic carbocycles. The summed E-state index contributed by atoms with van der Waals surface area (Å²) in [4.78, 5) is 62.9. The van der Waals surface area contributed by atoms with Gasteiger partial charge in [0, 0.05) is 46.2 Å². The number of nitrogens with one attached hydrogen (secondary N) is 1. The van der Waals surface area contributed by atoms with Gasteiger partial charge in [-0.25, -0.2) is 4.39 Å². The van der Waals surface area contributed by atoms with Crippen molar-refractivity contribution in [2.24, 2.45) is 0 Å². The molecule has 2 saturated heterocycles. The molecule has 2 fully saturated rings. The van der Waals surface area contributed by atoms with E-state index in [1.807, 2.05) is 0 Å². The number of ether oxygens (including phenoxy) is 1. The van der Waals surface area contributed by atoms with E-state index in [1.54, 1.807) is 11.9 Å². The van der Waals surface area contributed by atoms with E-state index in [2.05, 4.69) is 29.0 Å². The molecular formula is C31H47FN6O5. The van der Waals surface area contributed by atoms with Crippen molar-refractivity contribution in [3.8, 4) is 5.75 Å². The summed E-state index contributed by atoms with van der Waals surface area (Å²) in [6.45, 7) is 9.47. The fourth-order valence-electron chi connectivity index (χ4n) is 6.47. The number of likely N-dealkylation sites (tertiary alicyclic amines) is 1. The second-order valence-corrected chi connectivity index (χ2v) is 11.8. The summed E-state index contributed by atoms with van der Waals surface area (Å²) in [5, 5.41) is 2.92. The van der Waals surface area contributed by atoms with E-state index >= 15 is 0 Å². The Bertz CT molecular complexity index is 1160. The molecule has 0 aromatic heterocycles. The van der Waals surface area contributed by atoms with Gasteiger partial charge in [-0.3, -0.25) is 24.1 Å². The van der Waals surface area contributed by atoms with Gasteiger partial charge in [-0.15, -0.1) is 0 Å². The smallest absolute Gasteiger partial charge is 0.258 e. The predicted octanol–water partition coefficient (Wildman–Crippen LogP) is 1.42. The van der Waals surface area contributed by atoms with Crippen LogP contribution in [0, 0.1) is 5.82 Å². The van der Waals surface area contributed by atoms with Gasteiger partial charge in [-0.2, -0.15) is 0 Å². The summed E-state index contributed by atoms with van der Waals surface area (Å²) in [5.74, 6) is -1.86. The minimum Gasteiger partial charge on any atom is -0.491 e. The Kier molecular flexibility index (Phi) is 11.4. The number of hydrogen-bond donors (Lipinski definition) is 1. The molecule has 4 rings (SSSR count). The van der Waals surface area contributed by atoms with E-state index in [-0.39, 0.29) is 67.1 Å². The molecule has 0 saturated carbocycles. The second kappa shape index (κ2) is 15.0. The summed E-state index contributed by atoms with van der Waals surface area (Å²) in [5.41, 5.74) is -0.00755. The molecule has 0 unspecified atom stereocenters. The quantitative estimate of drug-likeness (QED) is 0.504. The molecule has 3 heterocycles. The molecule has 1 N–H and O–H groups in total. The molecule has 0 bridgehead atoms. The van der Waals surface area contributed by atoms with Crippen molar-refractivity contribution in [2.75, 3.05) is 73.1 Å². The van der Waals surface area contributed by atoms with Crippen LogP contribution < -0.4 is 10.1 Å². The van der Waals surface area contributed by atoms with Crippen molar-refractivity contribution < 1.29 is 28.3 Å². The Morgan fingerprint density at radius 3 is 2.51 bits per heavy atom. The number of carbonyl (C=O) groups excluding carboxylic acids is 4. The Morgan fingerprint density at radius 2 is 1.81 bits per heavy atom. The van der Waals surface area contributed by atoms with Gasteiger partial charge in [0.05, 0.1) is 18.2 Å². The largest absolute Gasteiger partial charge is 0.491 e. The average Bonchev–Trinajstić information content (AvgIpc) is 3.66. The lowest BCUT2D eigenvalue weighted by atomic mass is 10.1. The molecule has 43 heavy (non-hydrogen) atoms. The molecule has 4 amide bonds. The standard InChI is InChI=1S/C31H47FN6O5/c1-5-37(6-2)23-18-24-21-43-27-11-9-22(32)17-25(27)31(42)35(4)26(30(41)33-13-16-36-14-7-8-15-36)10-12-28(39)34(3)20-29(40)38(24)19-23/h9,11,17,23-24,26H,5-8,10,12-16,18-21H2,1-4H3,(H,33,41)/t23-,24+,26-/m1/s1. The van der Waals surface area contributed by atoms with Gasteiger partial charge < -0.3 is 29.7 Å². The Labute approximate surface area is 254 Å². The summed E-state index contributed by atoms with van der Waals surface area (Å²) in [6.07, 6.45) is 2.97. The van der Waals surface area contributed by atoms with Gasteiger partial charge in [-0.05, 0) is 70.1 Å². The van der Waals surface area contributed by atoms with Crippen LogP contribution in [0.2, 0.25) is 0 Å². The van der Waals surface area contributed by atoms with E-state index in [0.717, 1.165) is 45.1 Å². The highest BCUT2D eigenvalue weighted by atomic mass is 19.1. The van der Waals surface area contributed by atoms with Crippen molar-refractivity contribution in [3.05, 3.63) is 29.6 Å². The summed E-state index contributed by atoms with van der Waals surface area (Å²) < 4.78 is 20.6. The van der Waals surface area contributed by atoms with E-state index in [9.17, 15) is 23.6 Å². The molecule has 12 heteroatoms. The van der Waals surface area contributed by atoms with Crippen LogP contribution >= 0.6 is 0 Å². The number of halogens is 1. The summed E-state index contributed by atoms with van der Waals surface area (Å²) in [7, 11) is 3.07.